The largest absolute Gasteiger partial charge is 0.348 e. The van der Waals surface area contributed by atoms with E-state index >= 15 is 0 Å². The molecule has 9 heteroatoms. The maximum absolute atomic E-state index is 13.8. The summed E-state index contributed by atoms with van der Waals surface area (Å²) < 4.78 is 51.9. The number of rotatable bonds is 7. The third-order valence-electron chi connectivity index (χ3n) is 4.48. The van der Waals surface area contributed by atoms with Crippen molar-refractivity contribution in [2.24, 2.45) is 0 Å². The summed E-state index contributed by atoms with van der Waals surface area (Å²) >= 11 is 0. The van der Waals surface area contributed by atoms with Crippen molar-refractivity contribution in [2.45, 2.75) is 38.3 Å². The second kappa shape index (κ2) is 8.88. The minimum absolute atomic E-state index is 0.0536. The summed E-state index contributed by atoms with van der Waals surface area (Å²) in [6, 6.07) is 2.60. The van der Waals surface area contributed by atoms with Crippen molar-refractivity contribution in [1.82, 2.24) is 14.9 Å². The van der Waals surface area contributed by atoms with Crippen LogP contribution in [-0.4, -0.2) is 51.2 Å². The number of carbonyl (C=O) groups is 1. The minimum Gasteiger partial charge on any atom is -0.348 e. The van der Waals surface area contributed by atoms with Crippen LogP contribution in [0.5, 0.6) is 0 Å². The fourth-order valence-electron chi connectivity index (χ4n) is 3.15. The van der Waals surface area contributed by atoms with E-state index in [9.17, 15) is 22.0 Å². The van der Waals surface area contributed by atoms with Gasteiger partial charge in [0.25, 0.3) is 0 Å². The zero-order valence-corrected chi connectivity index (χ0v) is 15.8. The van der Waals surface area contributed by atoms with Gasteiger partial charge in [-0.2, -0.15) is 0 Å². The first-order chi connectivity index (χ1) is 12.2. The molecule has 1 aliphatic rings. The Labute approximate surface area is 153 Å². The van der Waals surface area contributed by atoms with Crippen molar-refractivity contribution in [3.05, 3.63) is 35.4 Å². The van der Waals surface area contributed by atoms with Gasteiger partial charge in [0.05, 0.1) is 18.8 Å². The monoisotopic (exact) mass is 389 g/mol. The van der Waals surface area contributed by atoms with Gasteiger partial charge in [-0.15, -0.1) is 0 Å². The van der Waals surface area contributed by atoms with Crippen molar-refractivity contribution in [1.29, 1.82) is 0 Å². The number of piperidine rings is 1. The zero-order chi connectivity index (χ0) is 19.3. The molecule has 1 fully saturated rings. The number of amides is 1. The van der Waals surface area contributed by atoms with Gasteiger partial charge in [0.1, 0.15) is 11.6 Å². The van der Waals surface area contributed by atoms with Crippen molar-refractivity contribution in [3.63, 3.8) is 0 Å². The maximum Gasteiger partial charge on any atom is 0.234 e. The summed E-state index contributed by atoms with van der Waals surface area (Å²) in [7, 11) is -3.29. The lowest BCUT2D eigenvalue weighted by atomic mass is 10.0. The average Bonchev–Trinajstić information content (AvgIpc) is 2.53. The van der Waals surface area contributed by atoms with Gasteiger partial charge in [-0.3, -0.25) is 9.69 Å². The van der Waals surface area contributed by atoms with E-state index in [0.717, 1.165) is 37.7 Å². The van der Waals surface area contributed by atoms with Gasteiger partial charge in [-0.1, -0.05) is 12.5 Å². The predicted octanol–water partition coefficient (Wildman–Crippen LogP) is 1.55. The van der Waals surface area contributed by atoms with Crippen LogP contribution in [0.2, 0.25) is 0 Å². The summed E-state index contributed by atoms with van der Waals surface area (Å²) in [5, 5.41) is 2.71. The Bertz CT molecular complexity index is 743. The van der Waals surface area contributed by atoms with Gasteiger partial charge in [0.2, 0.25) is 15.9 Å². The van der Waals surface area contributed by atoms with E-state index in [1.54, 1.807) is 6.92 Å². The lowest BCUT2D eigenvalue weighted by molar-refractivity contribution is -0.123. The standard InChI is InChI=1S/C17H25F2N3O3S/c1-12(15-7-6-13(18)9-16(15)19)21-17(23)11-22-8-4-3-5-14(22)10-20-26(2,24)25/h6-7,9,12,14,20H,3-5,8,10-11H2,1-2H3,(H,21,23). The van der Waals surface area contributed by atoms with E-state index in [0.29, 0.717) is 6.54 Å². The van der Waals surface area contributed by atoms with E-state index in [2.05, 4.69) is 10.0 Å². The number of nitrogens with zero attached hydrogens (tertiary/aromatic N) is 1. The SMILES string of the molecule is CC(NC(=O)CN1CCCCC1CNS(C)(=O)=O)c1ccc(F)cc1F. The molecule has 0 bridgehead atoms. The Morgan fingerprint density at radius 2 is 2.08 bits per heavy atom. The molecule has 0 aromatic heterocycles. The summed E-state index contributed by atoms with van der Waals surface area (Å²) in [6.45, 7) is 2.69. The van der Waals surface area contributed by atoms with Crippen molar-refractivity contribution in [3.8, 4) is 0 Å². The molecular weight excluding hydrogens is 364 g/mol. The van der Waals surface area contributed by atoms with Gasteiger partial charge in [-0.05, 0) is 32.4 Å². The quantitative estimate of drug-likeness (QED) is 0.742. The molecule has 0 aliphatic carbocycles. The van der Waals surface area contributed by atoms with Crippen LogP contribution >= 0.6 is 0 Å². The minimum atomic E-state index is -3.29. The Morgan fingerprint density at radius 1 is 1.35 bits per heavy atom. The highest BCUT2D eigenvalue weighted by atomic mass is 32.2. The van der Waals surface area contributed by atoms with Crippen molar-refractivity contribution < 1.29 is 22.0 Å². The number of hydrogen-bond donors (Lipinski definition) is 2. The van der Waals surface area contributed by atoms with Crippen LogP contribution in [0.3, 0.4) is 0 Å². The number of halogens is 2. The molecule has 1 saturated heterocycles. The first kappa shape index (κ1) is 20.7. The fourth-order valence-corrected chi connectivity index (χ4v) is 3.64. The number of hydrogen-bond acceptors (Lipinski definition) is 4. The van der Waals surface area contributed by atoms with Gasteiger partial charge < -0.3 is 5.32 Å². The Morgan fingerprint density at radius 3 is 2.73 bits per heavy atom. The number of sulfonamides is 1. The highest BCUT2D eigenvalue weighted by molar-refractivity contribution is 7.88. The molecule has 0 radical (unpaired) electrons. The smallest absolute Gasteiger partial charge is 0.234 e. The third kappa shape index (κ3) is 6.30. The molecule has 2 N–H and O–H groups in total. The number of nitrogens with one attached hydrogen (secondary N) is 2. The number of carbonyl (C=O) groups excluding carboxylic acids is 1. The summed E-state index contributed by atoms with van der Waals surface area (Å²) in [6.07, 6.45) is 3.82. The van der Waals surface area contributed by atoms with Crippen LogP contribution in [0, 0.1) is 11.6 Å². The molecule has 2 unspecified atom stereocenters. The molecule has 1 aromatic carbocycles. The Kier molecular flexibility index (Phi) is 7.08. The van der Waals surface area contributed by atoms with Gasteiger partial charge in [-0.25, -0.2) is 21.9 Å². The Hall–Kier alpha value is -1.58. The number of likely N-dealkylation sites (tertiary alicyclic amines) is 1. The van der Waals surface area contributed by atoms with Crippen molar-refractivity contribution >= 4 is 15.9 Å². The lowest BCUT2D eigenvalue weighted by Crippen LogP contribution is -2.50. The van der Waals surface area contributed by atoms with Crippen LogP contribution < -0.4 is 10.0 Å². The summed E-state index contributed by atoms with van der Waals surface area (Å²) in [4.78, 5) is 14.3. The van der Waals surface area contributed by atoms with E-state index in [1.165, 1.54) is 6.07 Å². The maximum atomic E-state index is 13.8. The van der Waals surface area contributed by atoms with Crippen LogP contribution in [0.4, 0.5) is 8.78 Å². The van der Waals surface area contributed by atoms with Crippen molar-refractivity contribution in [2.75, 3.05) is 25.9 Å². The molecular formula is C17H25F2N3O3S. The third-order valence-corrected chi connectivity index (χ3v) is 5.17. The van der Waals surface area contributed by atoms with Gasteiger partial charge in [0, 0.05) is 24.2 Å². The van der Waals surface area contributed by atoms with Gasteiger partial charge in [0.15, 0.2) is 0 Å². The van der Waals surface area contributed by atoms with E-state index < -0.39 is 27.7 Å². The summed E-state index contributed by atoms with van der Waals surface area (Å²) in [5.41, 5.74) is 0.216. The van der Waals surface area contributed by atoms with E-state index in [4.69, 9.17) is 0 Å². The first-order valence-electron chi connectivity index (χ1n) is 8.58. The Balaban J connectivity index is 1.93. The topological polar surface area (TPSA) is 78.5 Å². The average molecular weight is 389 g/mol. The highest BCUT2D eigenvalue weighted by Crippen LogP contribution is 2.19. The molecule has 0 spiro atoms. The molecule has 2 atom stereocenters. The molecule has 26 heavy (non-hydrogen) atoms. The number of benzene rings is 1. The summed E-state index contributed by atoms with van der Waals surface area (Å²) in [5.74, 6) is -1.65. The van der Waals surface area contributed by atoms with E-state index in [-0.39, 0.29) is 30.6 Å². The normalized spacial score (nSPS) is 19.9. The predicted molar refractivity (Wildman–Crippen MR) is 95.0 cm³/mol. The molecule has 146 valence electrons. The van der Waals surface area contributed by atoms with E-state index in [1.807, 2.05) is 4.90 Å². The first-order valence-corrected chi connectivity index (χ1v) is 10.5. The highest BCUT2D eigenvalue weighted by Gasteiger charge is 2.25. The molecule has 0 saturated carbocycles. The van der Waals surface area contributed by atoms with Crippen LogP contribution in [-0.2, 0) is 14.8 Å². The van der Waals surface area contributed by atoms with Crippen LogP contribution in [0.25, 0.3) is 0 Å². The molecule has 1 aliphatic heterocycles. The fraction of sp³-hybridized carbons (Fsp3) is 0.588. The molecule has 6 nitrogen and oxygen atoms in total. The second-order valence-electron chi connectivity index (χ2n) is 6.70. The van der Waals surface area contributed by atoms with Crippen LogP contribution in [0.15, 0.2) is 18.2 Å². The molecule has 1 amide bonds. The van der Waals surface area contributed by atoms with Crippen LogP contribution in [0.1, 0.15) is 37.8 Å². The van der Waals surface area contributed by atoms with Gasteiger partial charge >= 0.3 is 0 Å². The molecule has 2 rings (SSSR count). The molecule has 1 aromatic rings. The zero-order valence-electron chi connectivity index (χ0n) is 15.0. The lowest BCUT2D eigenvalue weighted by Gasteiger charge is -2.35. The second-order valence-corrected chi connectivity index (χ2v) is 8.53. The molecule has 1 heterocycles.